The molecule has 0 aliphatic heterocycles. The van der Waals surface area contributed by atoms with Gasteiger partial charge in [0.05, 0.1) is 10.3 Å². The quantitative estimate of drug-likeness (QED) is 0.499. The Morgan fingerprint density at radius 1 is 0.903 bits per heavy atom. The molecular weight excluding hydrogens is 408 g/mol. The van der Waals surface area contributed by atoms with Crippen LogP contribution >= 0.6 is 0 Å². The summed E-state index contributed by atoms with van der Waals surface area (Å²) < 4.78 is 28.8. The summed E-state index contributed by atoms with van der Waals surface area (Å²) in [7, 11) is -3.90. The minimum atomic E-state index is -3.90. The third kappa shape index (κ3) is 3.49. The predicted octanol–water partition coefficient (Wildman–Crippen LogP) is 4.83. The van der Waals surface area contributed by atoms with Crippen molar-refractivity contribution in [3.05, 3.63) is 71.4 Å². The van der Waals surface area contributed by atoms with Gasteiger partial charge < -0.3 is 5.73 Å². The zero-order valence-corrected chi connectivity index (χ0v) is 19.2. The number of hydrogen-bond donors (Lipinski definition) is 1. The van der Waals surface area contributed by atoms with Crippen LogP contribution in [0.4, 0.5) is 5.82 Å². The van der Waals surface area contributed by atoms with Gasteiger partial charge >= 0.3 is 0 Å². The molecule has 2 aromatic heterocycles. The Hall–Kier alpha value is -3.19. The lowest BCUT2D eigenvalue weighted by Gasteiger charge is -2.20. The Labute approximate surface area is 182 Å². The van der Waals surface area contributed by atoms with Crippen LogP contribution in [0.15, 0.2) is 59.5 Å². The number of fused-ring (bicyclic) bond motifs is 1. The van der Waals surface area contributed by atoms with Crippen LogP contribution in [-0.4, -0.2) is 22.4 Å². The van der Waals surface area contributed by atoms with E-state index in [-0.39, 0.29) is 16.1 Å². The van der Waals surface area contributed by atoms with Gasteiger partial charge in [-0.2, -0.15) is 0 Å². The molecule has 4 aromatic rings. The first-order valence-electron chi connectivity index (χ1n) is 10.1. The Kier molecular flexibility index (Phi) is 4.89. The summed E-state index contributed by atoms with van der Waals surface area (Å²) in [4.78, 5) is 9.43. The molecule has 31 heavy (non-hydrogen) atoms. The van der Waals surface area contributed by atoms with Crippen LogP contribution in [0.1, 0.15) is 37.6 Å². The summed E-state index contributed by atoms with van der Waals surface area (Å²) >= 11 is 0. The van der Waals surface area contributed by atoms with Crippen molar-refractivity contribution in [2.75, 3.05) is 5.73 Å². The molecule has 0 aliphatic rings. The van der Waals surface area contributed by atoms with Gasteiger partial charge in [-0.3, -0.25) is 0 Å². The van der Waals surface area contributed by atoms with Crippen molar-refractivity contribution in [2.45, 2.75) is 44.9 Å². The Bertz CT molecular complexity index is 1380. The predicted molar refractivity (Wildman–Crippen MR) is 125 cm³/mol. The molecule has 2 N–H and O–H groups in total. The van der Waals surface area contributed by atoms with E-state index in [1.54, 1.807) is 31.2 Å². The summed E-state index contributed by atoms with van der Waals surface area (Å²) in [6.07, 6.45) is 0. The molecule has 7 heteroatoms. The summed E-state index contributed by atoms with van der Waals surface area (Å²) in [5.74, 6) is 0.665. The molecule has 0 fully saturated rings. The van der Waals surface area contributed by atoms with Gasteiger partial charge in [0.25, 0.3) is 10.0 Å². The molecule has 0 bridgehead atoms. The highest BCUT2D eigenvalue weighted by Gasteiger charge is 2.32. The highest BCUT2D eigenvalue weighted by atomic mass is 32.2. The summed E-state index contributed by atoms with van der Waals surface area (Å²) in [6, 6.07) is 16.2. The first kappa shape index (κ1) is 21.1. The van der Waals surface area contributed by atoms with Crippen molar-refractivity contribution in [1.29, 1.82) is 0 Å². The molecule has 0 unspecified atom stereocenters. The van der Waals surface area contributed by atoms with Gasteiger partial charge in [-0.15, -0.1) is 0 Å². The van der Waals surface area contributed by atoms with Crippen molar-refractivity contribution < 1.29 is 8.42 Å². The van der Waals surface area contributed by atoms with E-state index < -0.39 is 10.0 Å². The molecule has 0 aliphatic carbocycles. The van der Waals surface area contributed by atoms with Gasteiger partial charge in [0.15, 0.2) is 11.5 Å². The molecule has 0 saturated heterocycles. The van der Waals surface area contributed by atoms with Crippen molar-refractivity contribution in [2.24, 2.45) is 0 Å². The minimum Gasteiger partial charge on any atom is -0.383 e. The fraction of sp³-hybridized carbons (Fsp3) is 0.250. The second kappa shape index (κ2) is 7.20. The van der Waals surface area contributed by atoms with E-state index in [0.29, 0.717) is 22.6 Å². The minimum absolute atomic E-state index is 0.206. The third-order valence-electron chi connectivity index (χ3n) is 5.37. The van der Waals surface area contributed by atoms with E-state index >= 15 is 0 Å². The normalized spacial score (nSPS) is 12.4. The number of nitrogens with two attached hydrogens (primary N) is 1. The van der Waals surface area contributed by atoms with Crippen LogP contribution < -0.4 is 5.73 Å². The first-order chi connectivity index (χ1) is 14.5. The zero-order valence-electron chi connectivity index (χ0n) is 18.3. The van der Waals surface area contributed by atoms with Gasteiger partial charge in [0.2, 0.25) is 0 Å². The number of aromatic nitrogens is 3. The highest BCUT2D eigenvalue weighted by molar-refractivity contribution is 7.90. The van der Waals surface area contributed by atoms with Gasteiger partial charge in [-0.05, 0) is 37.0 Å². The maximum atomic E-state index is 13.7. The summed E-state index contributed by atoms with van der Waals surface area (Å²) in [5.41, 5.74) is 9.54. The van der Waals surface area contributed by atoms with Gasteiger partial charge in [0.1, 0.15) is 5.82 Å². The average molecular weight is 435 g/mol. The largest absolute Gasteiger partial charge is 0.383 e. The van der Waals surface area contributed by atoms with Crippen LogP contribution in [0.25, 0.3) is 22.4 Å². The number of anilines is 1. The summed E-state index contributed by atoms with van der Waals surface area (Å²) in [6.45, 7) is 9.81. The molecule has 0 radical (unpaired) electrons. The van der Waals surface area contributed by atoms with E-state index in [9.17, 15) is 8.42 Å². The van der Waals surface area contributed by atoms with Crippen LogP contribution in [0.5, 0.6) is 0 Å². The van der Waals surface area contributed by atoms with E-state index in [4.69, 9.17) is 10.7 Å². The average Bonchev–Trinajstić information content (AvgIpc) is 3.02. The second-order valence-electron chi connectivity index (χ2n) is 8.79. The fourth-order valence-electron chi connectivity index (χ4n) is 4.04. The zero-order chi connectivity index (χ0) is 22.6. The SMILES string of the molecule is Cc1ccc(S(=O)(=O)n2c(C)c(C(C)(C)C)c3c(N)nc(-c4ccccc4)nc32)cc1. The van der Waals surface area contributed by atoms with Crippen LogP contribution in [0, 0.1) is 13.8 Å². The van der Waals surface area contributed by atoms with Crippen LogP contribution in [-0.2, 0) is 15.4 Å². The van der Waals surface area contributed by atoms with Crippen molar-refractivity contribution in [1.82, 2.24) is 13.9 Å². The molecule has 160 valence electrons. The number of benzene rings is 2. The summed E-state index contributed by atoms with van der Waals surface area (Å²) in [5, 5.41) is 0.584. The van der Waals surface area contributed by atoms with E-state index in [1.165, 1.54) is 3.97 Å². The van der Waals surface area contributed by atoms with Crippen molar-refractivity contribution in [3.8, 4) is 11.4 Å². The Morgan fingerprint density at radius 2 is 1.52 bits per heavy atom. The number of nitrogens with zero attached hydrogens (tertiary/aromatic N) is 3. The third-order valence-corrected chi connectivity index (χ3v) is 7.16. The van der Waals surface area contributed by atoms with Gasteiger partial charge in [-0.25, -0.2) is 22.4 Å². The van der Waals surface area contributed by atoms with E-state index in [2.05, 4.69) is 4.98 Å². The van der Waals surface area contributed by atoms with Gasteiger partial charge in [0, 0.05) is 11.3 Å². The smallest absolute Gasteiger partial charge is 0.269 e. The molecule has 0 amide bonds. The van der Waals surface area contributed by atoms with E-state index in [0.717, 1.165) is 16.7 Å². The second-order valence-corrected chi connectivity index (χ2v) is 10.6. The topological polar surface area (TPSA) is 90.9 Å². The molecule has 0 spiro atoms. The highest BCUT2D eigenvalue weighted by Crippen LogP contribution is 2.39. The lowest BCUT2D eigenvalue weighted by Crippen LogP contribution is -2.17. The Balaban J connectivity index is 2.12. The number of rotatable bonds is 3. The standard InChI is InChI=1S/C24H26N4O2S/c1-15-11-13-18(14-12-15)31(29,30)28-16(2)20(24(3,4)5)19-21(25)26-22(27-23(19)28)17-9-7-6-8-10-17/h6-14H,1-5H3,(H2,25,26,27). The Morgan fingerprint density at radius 3 is 2.10 bits per heavy atom. The van der Waals surface area contributed by atoms with E-state index in [1.807, 2.05) is 58.0 Å². The first-order valence-corrected chi connectivity index (χ1v) is 11.5. The molecule has 6 nitrogen and oxygen atoms in total. The lowest BCUT2D eigenvalue weighted by molar-refractivity contribution is 0.579. The van der Waals surface area contributed by atoms with Gasteiger partial charge in [-0.1, -0.05) is 68.8 Å². The fourth-order valence-corrected chi connectivity index (χ4v) is 5.54. The number of nitrogen functional groups attached to an aromatic ring is 1. The van der Waals surface area contributed by atoms with Crippen LogP contribution in [0.2, 0.25) is 0 Å². The molecular formula is C24H26N4O2S. The lowest BCUT2D eigenvalue weighted by atomic mass is 9.85. The maximum Gasteiger partial charge on any atom is 0.269 e. The molecule has 0 saturated carbocycles. The van der Waals surface area contributed by atoms with Crippen LogP contribution in [0.3, 0.4) is 0 Å². The van der Waals surface area contributed by atoms with Crippen molar-refractivity contribution in [3.63, 3.8) is 0 Å². The molecule has 2 heterocycles. The molecule has 2 aromatic carbocycles. The molecule has 4 rings (SSSR count). The number of aryl methyl sites for hydroxylation is 1. The number of hydrogen-bond acceptors (Lipinski definition) is 5. The monoisotopic (exact) mass is 434 g/mol. The van der Waals surface area contributed by atoms with Crippen molar-refractivity contribution >= 4 is 26.9 Å². The molecule has 0 atom stereocenters. The maximum absolute atomic E-state index is 13.7.